The van der Waals surface area contributed by atoms with E-state index >= 15 is 0 Å². The van der Waals surface area contributed by atoms with E-state index in [2.05, 4.69) is 38.3 Å². The van der Waals surface area contributed by atoms with Crippen molar-refractivity contribution in [1.82, 2.24) is 10.6 Å². The van der Waals surface area contributed by atoms with Crippen molar-refractivity contribution in [2.24, 2.45) is 20.0 Å². The molecule has 3 heterocycles. The van der Waals surface area contributed by atoms with Gasteiger partial charge in [-0.1, -0.05) is 0 Å². The van der Waals surface area contributed by atoms with E-state index in [-0.39, 0.29) is 0 Å². The number of aliphatic imine (C=N–C) groups is 4. The zero-order valence-corrected chi connectivity index (χ0v) is 18.9. The van der Waals surface area contributed by atoms with Crippen molar-refractivity contribution in [3.8, 4) is 0 Å². The first kappa shape index (κ1) is 22.3. The third kappa shape index (κ3) is 6.54. The van der Waals surface area contributed by atoms with Crippen LogP contribution in [0.15, 0.2) is 20.0 Å². The van der Waals surface area contributed by atoms with Gasteiger partial charge in [-0.15, -0.1) is 0 Å². The first-order valence-corrected chi connectivity index (χ1v) is 11.6. The third-order valence-electron chi connectivity index (χ3n) is 6.65. The predicted molar refractivity (Wildman–Crippen MR) is 126 cm³/mol. The Morgan fingerprint density at radius 2 is 0.793 bits per heavy atom. The smallest absolute Gasteiger partial charge is 0.0585 e. The van der Waals surface area contributed by atoms with Crippen molar-refractivity contribution in [3.63, 3.8) is 0 Å². The lowest BCUT2D eigenvalue weighted by Crippen LogP contribution is -2.49. The van der Waals surface area contributed by atoms with Crippen molar-refractivity contribution in [2.75, 3.05) is 26.2 Å². The van der Waals surface area contributed by atoms with Crippen molar-refractivity contribution in [2.45, 2.75) is 96.8 Å². The Morgan fingerprint density at radius 3 is 1.14 bits per heavy atom. The molecule has 4 atom stereocenters. The van der Waals surface area contributed by atoms with Gasteiger partial charge in [0.25, 0.3) is 0 Å². The van der Waals surface area contributed by atoms with E-state index in [1.165, 1.54) is 61.4 Å². The second-order valence-corrected chi connectivity index (χ2v) is 8.85. The number of hydrogen-bond donors (Lipinski definition) is 2. The molecule has 0 aromatic carbocycles. The molecule has 4 unspecified atom stereocenters. The van der Waals surface area contributed by atoms with E-state index in [0.717, 1.165) is 32.6 Å². The lowest BCUT2D eigenvalue weighted by molar-refractivity contribution is 0.426. The van der Waals surface area contributed by atoms with Gasteiger partial charge in [0.1, 0.15) is 0 Å². The molecular formula is C23H40N6. The van der Waals surface area contributed by atoms with E-state index in [0.29, 0.717) is 24.2 Å². The highest BCUT2D eigenvalue weighted by Gasteiger charge is 2.25. The summed E-state index contributed by atoms with van der Waals surface area (Å²) in [5, 5.41) is 7.56. The van der Waals surface area contributed by atoms with E-state index < -0.39 is 0 Å². The van der Waals surface area contributed by atoms with Gasteiger partial charge in [-0.25, -0.2) is 0 Å². The molecule has 6 nitrogen and oxygen atoms in total. The largest absolute Gasteiger partial charge is 0.301 e. The average Bonchev–Trinajstić information content (AvgIpc) is 2.75. The SMILES string of the molecule is CC1=NCCCN=C(C)C2CCCC(N2)C(C)=NCCN=C(C)C2CCCC1N2. The van der Waals surface area contributed by atoms with Crippen molar-refractivity contribution >= 4 is 22.8 Å². The molecule has 0 aromatic heterocycles. The average molecular weight is 401 g/mol. The second kappa shape index (κ2) is 11.1. The minimum absolute atomic E-state index is 0.374. The van der Waals surface area contributed by atoms with Gasteiger partial charge >= 0.3 is 0 Å². The number of nitrogens with zero attached hydrogens (tertiary/aromatic N) is 4. The molecule has 4 bridgehead atoms. The highest BCUT2D eigenvalue weighted by molar-refractivity contribution is 5.92. The Morgan fingerprint density at radius 1 is 0.483 bits per heavy atom. The number of rotatable bonds is 0. The van der Waals surface area contributed by atoms with Crippen molar-refractivity contribution in [1.29, 1.82) is 0 Å². The number of piperidine rings is 2. The first-order valence-electron chi connectivity index (χ1n) is 11.6. The van der Waals surface area contributed by atoms with Gasteiger partial charge in [-0.05, 0) is 72.6 Å². The third-order valence-corrected chi connectivity index (χ3v) is 6.65. The zero-order chi connectivity index (χ0) is 20.6. The highest BCUT2D eigenvalue weighted by Crippen LogP contribution is 2.17. The molecular weight excluding hydrogens is 360 g/mol. The van der Waals surface area contributed by atoms with Gasteiger partial charge in [0.15, 0.2) is 0 Å². The molecule has 0 radical (unpaired) electrons. The predicted octanol–water partition coefficient (Wildman–Crippen LogP) is 3.26. The Kier molecular flexibility index (Phi) is 8.54. The molecule has 2 N–H and O–H groups in total. The maximum absolute atomic E-state index is 4.86. The summed E-state index contributed by atoms with van der Waals surface area (Å²) in [5.41, 5.74) is 4.90. The topological polar surface area (TPSA) is 73.5 Å². The van der Waals surface area contributed by atoms with Crippen LogP contribution in [-0.4, -0.2) is 73.2 Å². The van der Waals surface area contributed by atoms with Crippen LogP contribution in [0.2, 0.25) is 0 Å². The van der Waals surface area contributed by atoms with Crippen LogP contribution in [0.4, 0.5) is 0 Å². The first-order chi connectivity index (χ1) is 14.0. The van der Waals surface area contributed by atoms with E-state index in [4.69, 9.17) is 20.0 Å². The Bertz CT molecular complexity index is 606. The monoisotopic (exact) mass is 400 g/mol. The van der Waals surface area contributed by atoms with E-state index in [1.54, 1.807) is 0 Å². The fraction of sp³-hybridized carbons (Fsp3) is 0.826. The van der Waals surface area contributed by atoms with Gasteiger partial charge in [-0.2, -0.15) is 0 Å². The standard InChI is InChI=1S/C23H40N6/c1-16-20-8-5-10-22(28-20)18(3)26-14-15-27-19(4)23-11-6-9-21(29-23)17(2)25-13-7-12-24-16/h20-23,28-29H,5-15H2,1-4H3. The maximum Gasteiger partial charge on any atom is 0.0585 e. The fourth-order valence-electron chi connectivity index (χ4n) is 4.66. The summed E-state index contributed by atoms with van der Waals surface area (Å²) in [7, 11) is 0. The van der Waals surface area contributed by atoms with Crippen LogP contribution in [0, 0.1) is 0 Å². The number of nitrogens with one attached hydrogen (secondary N) is 2. The molecule has 3 rings (SSSR count). The lowest BCUT2D eigenvalue weighted by Gasteiger charge is -2.31. The minimum atomic E-state index is 0.374. The summed E-state index contributed by atoms with van der Waals surface area (Å²) in [6.07, 6.45) is 8.17. The summed E-state index contributed by atoms with van der Waals surface area (Å²) < 4.78 is 0. The molecule has 0 aromatic rings. The van der Waals surface area contributed by atoms with Gasteiger partial charge in [0.05, 0.1) is 13.1 Å². The van der Waals surface area contributed by atoms with Gasteiger partial charge in [0, 0.05) is 60.1 Å². The summed E-state index contributed by atoms with van der Waals surface area (Å²) >= 11 is 0. The van der Waals surface area contributed by atoms with E-state index in [1.807, 2.05) is 0 Å². The molecule has 2 fully saturated rings. The van der Waals surface area contributed by atoms with Crippen LogP contribution in [0.1, 0.15) is 72.6 Å². The minimum Gasteiger partial charge on any atom is -0.301 e. The molecule has 2 saturated heterocycles. The summed E-state index contributed by atoms with van der Waals surface area (Å²) in [6, 6.07) is 1.52. The molecule has 0 aliphatic carbocycles. The molecule has 0 saturated carbocycles. The lowest BCUT2D eigenvalue weighted by atomic mass is 9.93. The number of hydrogen-bond acceptors (Lipinski definition) is 6. The molecule has 29 heavy (non-hydrogen) atoms. The Hall–Kier alpha value is -1.40. The molecule has 3 aliphatic rings. The highest BCUT2D eigenvalue weighted by atomic mass is 15.0. The summed E-state index contributed by atoms with van der Waals surface area (Å²) in [4.78, 5) is 19.4. The molecule has 6 heteroatoms. The Labute approximate surface area is 176 Å². The van der Waals surface area contributed by atoms with Crippen LogP contribution in [0.25, 0.3) is 0 Å². The van der Waals surface area contributed by atoms with Gasteiger partial charge < -0.3 is 10.6 Å². The normalized spacial score (nSPS) is 33.2. The van der Waals surface area contributed by atoms with Crippen molar-refractivity contribution < 1.29 is 0 Å². The fourth-order valence-corrected chi connectivity index (χ4v) is 4.66. The number of fused-ring (bicyclic) bond motifs is 4. The van der Waals surface area contributed by atoms with Crippen molar-refractivity contribution in [3.05, 3.63) is 0 Å². The van der Waals surface area contributed by atoms with Crippen LogP contribution < -0.4 is 10.6 Å². The summed E-state index contributed by atoms with van der Waals surface area (Å²) in [5.74, 6) is 0. The van der Waals surface area contributed by atoms with Gasteiger partial charge in [-0.3, -0.25) is 20.0 Å². The van der Waals surface area contributed by atoms with Crippen LogP contribution in [0.3, 0.4) is 0 Å². The van der Waals surface area contributed by atoms with Crippen LogP contribution in [0.5, 0.6) is 0 Å². The quantitative estimate of drug-likeness (QED) is 0.655. The summed E-state index contributed by atoms with van der Waals surface area (Å²) in [6.45, 7) is 12.0. The molecule has 3 aliphatic heterocycles. The van der Waals surface area contributed by atoms with Crippen LogP contribution in [-0.2, 0) is 0 Å². The molecule has 0 amide bonds. The van der Waals surface area contributed by atoms with Crippen LogP contribution >= 0.6 is 0 Å². The Balaban J connectivity index is 1.73. The van der Waals surface area contributed by atoms with Gasteiger partial charge in [0.2, 0.25) is 0 Å². The zero-order valence-electron chi connectivity index (χ0n) is 18.9. The molecule has 0 spiro atoms. The second-order valence-electron chi connectivity index (χ2n) is 8.85. The maximum atomic E-state index is 4.86. The molecule has 162 valence electrons. The van der Waals surface area contributed by atoms with E-state index in [9.17, 15) is 0 Å².